The fourth-order valence-electron chi connectivity index (χ4n) is 1.67. The van der Waals surface area contributed by atoms with Gasteiger partial charge in [0.15, 0.2) is 0 Å². The zero-order valence-corrected chi connectivity index (χ0v) is 12.5. The standard InChI is InChI=1S/C15H20N2OS/c1-15(2,3)13-10-19-14(17-13)9-18-12-7-5-4-6-11(12)8-16/h4-7,10H,8-9,16H2,1-3H3. The number of ether oxygens (including phenoxy) is 1. The topological polar surface area (TPSA) is 48.1 Å². The zero-order valence-electron chi connectivity index (χ0n) is 11.6. The van der Waals surface area contributed by atoms with E-state index in [4.69, 9.17) is 10.5 Å². The SMILES string of the molecule is CC(C)(C)c1csc(COc2ccccc2CN)n1. The predicted octanol–water partition coefficient (Wildman–Crippen LogP) is 3.48. The number of hydrogen-bond donors (Lipinski definition) is 1. The lowest BCUT2D eigenvalue weighted by Gasteiger charge is -2.14. The van der Waals surface area contributed by atoms with Crippen molar-refractivity contribution in [2.75, 3.05) is 0 Å². The van der Waals surface area contributed by atoms with Gasteiger partial charge in [-0.05, 0) is 6.07 Å². The highest BCUT2D eigenvalue weighted by Crippen LogP contribution is 2.25. The molecule has 2 rings (SSSR count). The third-order valence-corrected chi connectivity index (χ3v) is 3.69. The summed E-state index contributed by atoms with van der Waals surface area (Å²) >= 11 is 1.64. The summed E-state index contributed by atoms with van der Waals surface area (Å²) in [7, 11) is 0. The molecule has 1 aromatic heterocycles. The van der Waals surface area contributed by atoms with Crippen molar-refractivity contribution < 1.29 is 4.74 Å². The van der Waals surface area contributed by atoms with Gasteiger partial charge in [0.05, 0.1) is 5.69 Å². The first-order valence-electron chi connectivity index (χ1n) is 6.36. The van der Waals surface area contributed by atoms with E-state index in [1.54, 1.807) is 11.3 Å². The van der Waals surface area contributed by atoms with Crippen LogP contribution in [0.15, 0.2) is 29.6 Å². The Morgan fingerprint density at radius 3 is 2.63 bits per heavy atom. The van der Waals surface area contributed by atoms with Gasteiger partial charge in [-0.25, -0.2) is 4.98 Å². The summed E-state index contributed by atoms with van der Waals surface area (Å²) < 4.78 is 5.81. The van der Waals surface area contributed by atoms with Gasteiger partial charge in [0.2, 0.25) is 0 Å². The summed E-state index contributed by atoms with van der Waals surface area (Å²) in [6.07, 6.45) is 0. The summed E-state index contributed by atoms with van der Waals surface area (Å²) in [5.41, 5.74) is 7.91. The monoisotopic (exact) mass is 276 g/mol. The Morgan fingerprint density at radius 1 is 1.26 bits per heavy atom. The second kappa shape index (κ2) is 5.72. The fraction of sp³-hybridized carbons (Fsp3) is 0.400. The van der Waals surface area contributed by atoms with Gasteiger partial charge in [0.1, 0.15) is 17.4 Å². The molecule has 0 unspecified atom stereocenters. The summed E-state index contributed by atoms with van der Waals surface area (Å²) in [4.78, 5) is 4.61. The molecule has 0 saturated carbocycles. The first-order chi connectivity index (χ1) is 9.00. The second-order valence-corrected chi connectivity index (χ2v) is 6.42. The van der Waals surface area contributed by atoms with Crippen molar-refractivity contribution in [3.05, 3.63) is 45.9 Å². The molecule has 102 valence electrons. The molecule has 0 aliphatic rings. The molecule has 0 aliphatic carbocycles. The van der Waals surface area contributed by atoms with Crippen LogP contribution in [0, 0.1) is 0 Å². The Morgan fingerprint density at radius 2 is 2.00 bits per heavy atom. The van der Waals surface area contributed by atoms with Crippen molar-refractivity contribution in [3.8, 4) is 5.75 Å². The Hall–Kier alpha value is -1.39. The summed E-state index contributed by atoms with van der Waals surface area (Å²) in [6.45, 7) is 7.47. The second-order valence-electron chi connectivity index (χ2n) is 5.48. The Kier molecular flexibility index (Phi) is 4.22. The van der Waals surface area contributed by atoms with E-state index in [0.29, 0.717) is 13.2 Å². The smallest absolute Gasteiger partial charge is 0.140 e. The lowest BCUT2D eigenvalue weighted by Crippen LogP contribution is -2.11. The molecule has 0 spiro atoms. The van der Waals surface area contributed by atoms with Crippen LogP contribution in [0.4, 0.5) is 0 Å². The number of benzene rings is 1. The number of rotatable bonds is 4. The number of para-hydroxylation sites is 1. The maximum atomic E-state index is 5.81. The van der Waals surface area contributed by atoms with Crippen LogP contribution in [0.1, 0.15) is 37.0 Å². The van der Waals surface area contributed by atoms with E-state index < -0.39 is 0 Å². The van der Waals surface area contributed by atoms with E-state index in [0.717, 1.165) is 22.0 Å². The molecule has 4 heteroatoms. The minimum Gasteiger partial charge on any atom is -0.486 e. The Labute approximate surface area is 118 Å². The molecule has 0 saturated heterocycles. The molecular weight excluding hydrogens is 256 g/mol. The molecule has 19 heavy (non-hydrogen) atoms. The van der Waals surface area contributed by atoms with Crippen molar-refractivity contribution in [2.24, 2.45) is 5.73 Å². The van der Waals surface area contributed by atoms with Crippen molar-refractivity contribution in [3.63, 3.8) is 0 Å². The number of hydrogen-bond acceptors (Lipinski definition) is 4. The van der Waals surface area contributed by atoms with Crippen LogP contribution in [0.3, 0.4) is 0 Å². The average molecular weight is 276 g/mol. The van der Waals surface area contributed by atoms with Crippen LogP contribution in [0.5, 0.6) is 5.75 Å². The van der Waals surface area contributed by atoms with E-state index in [2.05, 4.69) is 31.1 Å². The van der Waals surface area contributed by atoms with Crippen molar-refractivity contribution in [1.29, 1.82) is 0 Å². The largest absolute Gasteiger partial charge is 0.486 e. The Balaban J connectivity index is 2.05. The van der Waals surface area contributed by atoms with E-state index in [1.165, 1.54) is 0 Å². The normalized spacial score (nSPS) is 11.6. The average Bonchev–Trinajstić information content (AvgIpc) is 2.85. The summed E-state index contributed by atoms with van der Waals surface area (Å²) in [6, 6.07) is 7.85. The molecule has 3 nitrogen and oxygen atoms in total. The van der Waals surface area contributed by atoms with Crippen LogP contribution in [-0.4, -0.2) is 4.98 Å². The maximum Gasteiger partial charge on any atom is 0.140 e. The third-order valence-electron chi connectivity index (χ3n) is 2.86. The van der Waals surface area contributed by atoms with E-state index in [-0.39, 0.29) is 5.41 Å². The Bertz CT molecular complexity index is 543. The van der Waals surface area contributed by atoms with Gasteiger partial charge in [-0.1, -0.05) is 39.0 Å². The van der Waals surface area contributed by atoms with Gasteiger partial charge < -0.3 is 10.5 Å². The highest BCUT2D eigenvalue weighted by atomic mass is 32.1. The quantitative estimate of drug-likeness (QED) is 0.930. The highest BCUT2D eigenvalue weighted by molar-refractivity contribution is 7.09. The van der Waals surface area contributed by atoms with Gasteiger partial charge in [0, 0.05) is 22.9 Å². The molecule has 0 fully saturated rings. The van der Waals surface area contributed by atoms with Crippen LogP contribution < -0.4 is 10.5 Å². The van der Waals surface area contributed by atoms with Crippen molar-refractivity contribution in [2.45, 2.75) is 39.3 Å². The number of nitrogens with two attached hydrogens (primary N) is 1. The van der Waals surface area contributed by atoms with Crippen LogP contribution in [-0.2, 0) is 18.6 Å². The van der Waals surface area contributed by atoms with Crippen LogP contribution in [0.25, 0.3) is 0 Å². The number of thiazole rings is 1. The minimum absolute atomic E-state index is 0.0872. The van der Waals surface area contributed by atoms with Crippen LogP contribution >= 0.6 is 11.3 Å². The van der Waals surface area contributed by atoms with Gasteiger partial charge >= 0.3 is 0 Å². The minimum atomic E-state index is 0.0872. The van der Waals surface area contributed by atoms with Crippen molar-refractivity contribution in [1.82, 2.24) is 4.98 Å². The molecular formula is C15H20N2OS. The van der Waals surface area contributed by atoms with Gasteiger partial charge in [-0.15, -0.1) is 11.3 Å². The zero-order chi connectivity index (χ0) is 13.9. The lowest BCUT2D eigenvalue weighted by atomic mass is 9.93. The molecule has 0 bridgehead atoms. The molecule has 1 aromatic carbocycles. The van der Waals surface area contributed by atoms with Gasteiger partial charge in [-0.3, -0.25) is 0 Å². The van der Waals surface area contributed by atoms with E-state index in [1.807, 2.05) is 24.3 Å². The van der Waals surface area contributed by atoms with Gasteiger partial charge in [-0.2, -0.15) is 0 Å². The third kappa shape index (κ3) is 3.55. The molecule has 1 heterocycles. The first kappa shape index (κ1) is 14.0. The number of nitrogens with zero attached hydrogens (tertiary/aromatic N) is 1. The molecule has 0 radical (unpaired) electrons. The molecule has 0 atom stereocenters. The van der Waals surface area contributed by atoms with Crippen molar-refractivity contribution >= 4 is 11.3 Å². The van der Waals surface area contributed by atoms with E-state index in [9.17, 15) is 0 Å². The molecule has 2 N–H and O–H groups in total. The predicted molar refractivity (Wildman–Crippen MR) is 79.5 cm³/mol. The van der Waals surface area contributed by atoms with Gasteiger partial charge in [0.25, 0.3) is 0 Å². The first-order valence-corrected chi connectivity index (χ1v) is 7.24. The summed E-state index contributed by atoms with van der Waals surface area (Å²) in [5.74, 6) is 0.845. The highest BCUT2D eigenvalue weighted by Gasteiger charge is 2.17. The van der Waals surface area contributed by atoms with E-state index >= 15 is 0 Å². The molecule has 2 aromatic rings. The molecule has 0 aliphatic heterocycles. The fourth-order valence-corrected chi connectivity index (χ4v) is 2.61. The van der Waals surface area contributed by atoms with Crippen LogP contribution in [0.2, 0.25) is 0 Å². The summed E-state index contributed by atoms with van der Waals surface area (Å²) in [5, 5.41) is 3.10. The number of aromatic nitrogens is 1. The lowest BCUT2D eigenvalue weighted by molar-refractivity contribution is 0.301. The maximum absolute atomic E-state index is 5.81. The molecule has 0 amide bonds.